The smallest absolute Gasteiger partial charge is 0.308 e. The van der Waals surface area contributed by atoms with Gasteiger partial charge in [0.1, 0.15) is 0 Å². The van der Waals surface area contributed by atoms with E-state index in [2.05, 4.69) is 5.32 Å². The van der Waals surface area contributed by atoms with Crippen LogP contribution in [-0.4, -0.2) is 41.2 Å². The summed E-state index contributed by atoms with van der Waals surface area (Å²) in [5.41, 5.74) is 0.945. The van der Waals surface area contributed by atoms with Gasteiger partial charge in [0.15, 0.2) is 6.10 Å². The van der Waals surface area contributed by atoms with E-state index in [9.17, 15) is 19.2 Å². The van der Waals surface area contributed by atoms with E-state index in [0.29, 0.717) is 11.3 Å². The van der Waals surface area contributed by atoms with Crippen LogP contribution in [0.2, 0.25) is 0 Å². The highest BCUT2D eigenvalue weighted by Gasteiger charge is 2.47. The molecule has 1 aromatic carbocycles. The fourth-order valence-electron chi connectivity index (χ4n) is 3.84. The van der Waals surface area contributed by atoms with Gasteiger partial charge in [-0.3, -0.25) is 24.1 Å². The Morgan fingerprint density at radius 2 is 1.76 bits per heavy atom. The molecule has 2 aliphatic rings. The molecule has 1 aromatic rings. The summed E-state index contributed by atoms with van der Waals surface area (Å²) in [7, 11) is 0. The number of ether oxygens (including phenoxy) is 1. The van der Waals surface area contributed by atoms with Crippen LogP contribution < -0.4 is 5.32 Å². The lowest BCUT2D eigenvalue weighted by molar-refractivity contribution is -0.154. The van der Waals surface area contributed by atoms with E-state index in [-0.39, 0.29) is 36.6 Å². The molecule has 1 saturated heterocycles. The van der Waals surface area contributed by atoms with E-state index in [1.165, 1.54) is 11.8 Å². The van der Waals surface area contributed by atoms with Gasteiger partial charge < -0.3 is 10.1 Å². The zero-order chi connectivity index (χ0) is 21.0. The van der Waals surface area contributed by atoms with Crippen molar-refractivity contribution in [2.45, 2.75) is 45.1 Å². The maximum atomic E-state index is 12.4. The van der Waals surface area contributed by atoms with Gasteiger partial charge in [0, 0.05) is 12.2 Å². The summed E-state index contributed by atoms with van der Waals surface area (Å²) in [5, 5.41) is 11.4. The third kappa shape index (κ3) is 4.62. The molecular formula is C21H23N3O5. The van der Waals surface area contributed by atoms with Crippen molar-refractivity contribution in [2.75, 3.05) is 11.9 Å². The molecule has 1 N–H and O–H groups in total. The number of benzene rings is 1. The largest absolute Gasteiger partial charge is 0.452 e. The Bertz CT molecular complexity index is 834. The third-order valence-electron chi connectivity index (χ3n) is 5.43. The highest BCUT2D eigenvalue weighted by Crippen LogP contribution is 2.37. The molecule has 3 atom stereocenters. The van der Waals surface area contributed by atoms with E-state index in [1.807, 2.05) is 6.07 Å². The monoisotopic (exact) mass is 397 g/mol. The lowest BCUT2D eigenvalue weighted by Crippen LogP contribution is -2.35. The molecule has 8 nitrogen and oxygen atoms in total. The standard InChI is InChI=1S/C21H23N3O5/c1-13(19(26)23-15-8-6-14(12-22)7-9-15)29-18(25)10-11-24-20(27)16-4-2-3-5-17(16)21(24)28/h6-9,13,16-17H,2-5,10-11H2,1H3,(H,23,26). The van der Waals surface area contributed by atoms with Crippen molar-refractivity contribution >= 4 is 29.4 Å². The fraction of sp³-hybridized carbons (Fsp3) is 0.476. The van der Waals surface area contributed by atoms with Crippen LogP contribution >= 0.6 is 0 Å². The van der Waals surface area contributed by atoms with E-state index >= 15 is 0 Å². The first-order valence-electron chi connectivity index (χ1n) is 9.76. The van der Waals surface area contributed by atoms with E-state index in [0.717, 1.165) is 25.7 Å². The van der Waals surface area contributed by atoms with Crippen LogP contribution in [0, 0.1) is 23.2 Å². The topological polar surface area (TPSA) is 117 Å². The molecule has 1 aliphatic carbocycles. The first-order chi connectivity index (χ1) is 13.9. The number of esters is 1. The molecule has 2 fully saturated rings. The van der Waals surface area contributed by atoms with Crippen molar-refractivity contribution in [3.8, 4) is 6.07 Å². The summed E-state index contributed by atoms with van der Waals surface area (Å²) >= 11 is 0. The minimum absolute atomic E-state index is 0.0204. The number of nitrogens with one attached hydrogen (secondary N) is 1. The van der Waals surface area contributed by atoms with Crippen LogP contribution in [0.5, 0.6) is 0 Å². The molecule has 1 aliphatic heterocycles. The number of carbonyl (C=O) groups excluding carboxylic acids is 4. The molecule has 3 unspecified atom stereocenters. The van der Waals surface area contributed by atoms with Crippen molar-refractivity contribution < 1.29 is 23.9 Å². The van der Waals surface area contributed by atoms with E-state index < -0.39 is 18.0 Å². The van der Waals surface area contributed by atoms with Gasteiger partial charge in [0.05, 0.1) is 29.9 Å². The number of imide groups is 1. The third-order valence-corrected chi connectivity index (χ3v) is 5.43. The van der Waals surface area contributed by atoms with Crippen LogP contribution in [0.3, 0.4) is 0 Å². The molecule has 0 bridgehead atoms. The molecule has 3 rings (SSSR count). The van der Waals surface area contributed by atoms with Crippen molar-refractivity contribution in [2.24, 2.45) is 11.8 Å². The lowest BCUT2D eigenvalue weighted by Gasteiger charge is -2.19. The Balaban J connectivity index is 1.47. The van der Waals surface area contributed by atoms with Gasteiger partial charge in [-0.05, 0) is 44.0 Å². The molecule has 0 radical (unpaired) electrons. The molecule has 0 aromatic heterocycles. The highest BCUT2D eigenvalue weighted by atomic mass is 16.5. The normalized spacial score (nSPS) is 21.9. The molecule has 1 heterocycles. The van der Waals surface area contributed by atoms with Crippen LogP contribution in [0.1, 0.15) is 44.6 Å². The number of nitriles is 1. The Labute approximate surface area is 168 Å². The number of anilines is 1. The summed E-state index contributed by atoms with van der Waals surface area (Å²) in [6.07, 6.45) is 2.16. The quantitative estimate of drug-likeness (QED) is 0.580. The van der Waals surface area contributed by atoms with Gasteiger partial charge in [-0.25, -0.2) is 0 Å². The number of hydrogen-bond acceptors (Lipinski definition) is 6. The van der Waals surface area contributed by atoms with Crippen LogP contribution in [0.4, 0.5) is 5.69 Å². The SMILES string of the molecule is CC(OC(=O)CCN1C(=O)C2CCCCC2C1=O)C(=O)Nc1ccc(C#N)cc1. The van der Waals surface area contributed by atoms with Gasteiger partial charge in [-0.15, -0.1) is 0 Å². The van der Waals surface area contributed by atoms with Gasteiger partial charge in [-0.2, -0.15) is 5.26 Å². The van der Waals surface area contributed by atoms with Gasteiger partial charge in [-0.1, -0.05) is 12.8 Å². The zero-order valence-electron chi connectivity index (χ0n) is 16.2. The molecule has 29 heavy (non-hydrogen) atoms. The number of fused-ring (bicyclic) bond motifs is 1. The number of carbonyl (C=O) groups is 4. The van der Waals surface area contributed by atoms with Crippen molar-refractivity contribution in [1.29, 1.82) is 5.26 Å². The van der Waals surface area contributed by atoms with E-state index in [1.54, 1.807) is 24.3 Å². The van der Waals surface area contributed by atoms with Crippen LogP contribution in [0.15, 0.2) is 24.3 Å². The first-order valence-corrected chi connectivity index (χ1v) is 9.76. The number of rotatable bonds is 6. The van der Waals surface area contributed by atoms with Crippen molar-refractivity contribution in [3.63, 3.8) is 0 Å². The maximum Gasteiger partial charge on any atom is 0.308 e. The molecule has 3 amide bonds. The van der Waals surface area contributed by atoms with Gasteiger partial charge >= 0.3 is 5.97 Å². The molecule has 0 spiro atoms. The summed E-state index contributed by atoms with van der Waals surface area (Å²) < 4.78 is 5.13. The van der Waals surface area contributed by atoms with E-state index in [4.69, 9.17) is 10.00 Å². The minimum Gasteiger partial charge on any atom is -0.452 e. The Morgan fingerprint density at radius 1 is 1.17 bits per heavy atom. The Morgan fingerprint density at radius 3 is 2.31 bits per heavy atom. The van der Waals surface area contributed by atoms with Gasteiger partial charge in [0.2, 0.25) is 11.8 Å². The molecular weight excluding hydrogens is 374 g/mol. The lowest BCUT2D eigenvalue weighted by atomic mass is 9.81. The average molecular weight is 397 g/mol. The number of likely N-dealkylation sites (tertiary alicyclic amines) is 1. The maximum absolute atomic E-state index is 12.4. The van der Waals surface area contributed by atoms with Crippen LogP contribution in [-0.2, 0) is 23.9 Å². The minimum atomic E-state index is -1.04. The Hall–Kier alpha value is -3.21. The Kier molecular flexibility index (Phi) is 6.27. The predicted octanol–water partition coefficient (Wildman–Crippen LogP) is 1.99. The van der Waals surface area contributed by atoms with Crippen LogP contribution in [0.25, 0.3) is 0 Å². The first kappa shape index (κ1) is 20.5. The summed E-state index contributed by atoms with van der Waals surface area (Å²) in [6, 6.07) is 8.27. The number of hydrogen-bond donors (Lipinski definition) is 1. The second kappa shape index (κ2) is 8.86. The summed E-state index contributed by atoms with van der Waals surface area (Å²) in [6.45, 7) is 1.42. The summed E-state index contributed by atoms with van der Waals surface area (Å²) in [4.78, 5) is 50.2. The van der Waals surface area contributed by atoms with Crippen molar-refractivity contribution in [1.82, 2.24) is 4.90 Å². The van der Waals surface area contributed by atoms with Crippen molar-refractivity contribution in [3.05, 3.63) is 29.8 Å². The fourth-order valence-corrected chi connectivity index (χ4v) is 3.84. The second-order valence-electron chi connectivity index (χ2n) is 7.39. The molecule has 152 valence electrons. The number of amides is 3. The average Bonchev–Trinajstić information content (AvgIpc) is 2.97. The summed E-state index contributed by atoms with van der Waals surface area (Å²) in [5.74, 6) is -2.04. The number of nitrogens with zero attached hydrogens (tertiary/aromatic N) is 2. The molecule has 8 heteroatoms. The van der Waals surface area contributed by atoms with Gasteiger partial charge in [0.25, 0.3) is 5.91 Å². The second-order valence-corrected chi connectivity index (χ2v) is 7.39. The zero-order valence-corrected chi connectivity index (χ0v) is 16.2. The molecule has 1 saturated carbocycles. The predicted molar refractivity (Wildman–Crippen MR) is 102 cm³/mol. The highest BCUT2D eigenvalue weighted by molar-refractivity contribution is 6.05.